The van der Waals surface area contributed by atoms with Crippen LogP contribution in [0.5, 0.6) is 0 Å². The van der Waals surface area contributed by atoms with Gasteiger partial charge in [0.2, 0.25) is 0 Å². The van der Waals surface area contributed by atoms with Gasteiger partial charge in [-0.1, -0.05) is 30.2 Å². The van der Waals surface area contributed by atoms with Crippen molar-refractivity contribution in [2.75, 3.05) is 6.61 Å². The van der Waals surface area contributed by atoms with E-state index in [1.165, 1.54) is 11.1 Å². The monoisotopic (exact) mass is 280 g/mol. The molecule has 0 saturated heterocycles. The van der Waals surface area contributed by atoms with Crippen molar-refractivity contribution in [3.8, 4) is 0 Å². The second kappa shape index (κ2) is 7.07. The van der Waals surface area contributed by atoms with Crippen molar-refractivity contribution in [3.63, 3.8) is 0 Å². The van der Waals surface area contributed by atoms with Gasteiger partial charge in [-0.15, -0.1) is 0 Å². The first-order valence-corrected chi connectivity index (χ1v) is 7.45. The third-order valence-corrected chi connectivity index (χ3v) is 4.58. The highest BCUT2D eigenvalue weighted by molar-refractivity contribution is 5.75. The lowest BCUT2D eigenvalue weighted by Crippen LogP contribution is -2.06. The number of rotatable bonds is 8. The van der Waals surface area contributed by atoms with Gasteiger partial charge in [-0.3, -0.25) is 4.79 Å². The van der Waals surface area contributed by atoms with Gasteiger partial charge in [0.05, 0.1) is 5.92 Å². The second-order valence-corrected chi connectivity index (χ2v) is 6.52. The topological polar surface area (TPSA) is 57.5 Å². The Morgan fingerprint density at radius 2 is 1.85 bits per heavy atom. The van der Waals surface area contributed by atoms with Crippen LogP contribution in [0.25, 0.3) is 0 Å². The summed E-state index contributed by atoms with van der Waals surface area (Å²) in [7, 11) is 0. The lowest BCUT2D eigenvalue weighted by molar-refractivity contribution is -0.139. The van der Waals surface area contributed by atoms with E-state index in [9.17, 15) is 9.90 Å². The molecule has 3 nitrogen and oxygen atoms in total. The summed E-state index contributed by atoms with van der Waals surface area (Å²) in [5, 5.41) is 18.4. The summed E-state index contributed by atoms with van der Waals surface area (Å²) in [5.74, 6) is -1.21. The van der Waals surface area contributed by atoms with Gasteiger partial charge in [0, 0.05) is 12.5 Å². The summed E-state index contributed by atoms with van der Waals surface area (Å²) >= 11 is 0. The Morgan fingerprint density at radius 1 is 1.20 bits per heavy atom. The summed E-state index contributed by atoms with van der Waals surface area (Å²) in [6.07, 6.45) is 8.33. The van der Waals surface area contributed by atoms with Gasteiger partial charge in [0.1, 0.15) is 0 Å². The molecule has 0 radical (unpaired) electrons. The zero-order valence-corrected chi connectivity index (χ0v) is 13.1. The molecule has 1 fully saturated rings. The van der Waals surface area contributed by atoms with Crippen LogP contribution in [-0.4, -0.2) is 22.8 Å². The van der Waals surface area contributed by atoms with Crippen LogP contribution in [0, 0.1) is 17.3 Å². The normalized spacial score (nSPS) is 29.1. The maximum atomic E-state index is 11.1. The number of allylic oxidation sites excluding steroid dienone is 4. The molecular formula is C17H28O3. The lowest BCUT2D eigenvalue weighted by Gasteiger charge is -2.09. The Bertz CT molecular complexity index is 404. The maximum Gasteiger partial charge on any atom is 0.307 e. The van der Waals surface area contributed by atoms with Crippen LogP contribution in [0.2, 0.25) is 0 Å². The maximum absolute atomic E-state index is 11.1. The number of carboxylic acid groups (broad SMARTS) is 1. The molecule has 2 N–H and O–H groups in total. The van der Waals surface area contributed by atoms with E-state index in [1.54, 1.807) is 0 Å². The molecule has 0 amide bonds. The summed E-state index contributed by atoms with van der Waals surface area (Å²) in [6, 6.07) is 0. The van der Waals surface area contributed by atoms with Gasteiger partial charge in [0.15, 0.2) is 0 Å². The van der Waals surface area contributed by atoms with Crippen LogP contribution in [0.1, 0.15) is 53.4 Å². The minimum atomic E-state index is -0.768. The smallest absolute Gasteiger partial charge is 0.307 e. The molecule has 0 bridgehead atoms. The molecule has 1 rings (SSSR count). The Hall–Kier alpha value is -1.09. The fourth-order valence-corrected chi connectivity index (χ4v) is 3.09. The molecule has 0 aromatic heterocycles. The van der Waals surface area contributed by atoms with Gasteiger partial charge in [0.25, 0.3) is 0 Å². The van der Waals surface area contributed by atoms with Gasteiger partial charge >= 0.3 is 5.97 Å². The fourth-order valence-electron chi connectivity index (χ4n) is 3.09. The van der Waals surface area contributed by atoms with Crippen LogP contribution < -0.4 is 0 Å². The quantitative estimate of drug-likeness (QED) is 0.665. The third-order valence-electron chi connectivity index (χ3n) is 4.58. The SMILES string of the molecule is CC(C)=CCC/C(C)=C/CC[C@@]1(C)[C@H](C(=O)O)[C@@H]1CO. The molecule has 20 heavy (non-hydrogen) atoms. The van der Waals surface area contributed by atoms with Crippen LogP contribution in [0.3, 0.4) is 0 Å². The average molecular weight is 280 g/mol. The van der Waals surface area contributed by atoms with Crippen LogP contribution in [0.4, 0.5) is 0 Å². The van der Waals surface area contributed by atoms with Crippen molar-refractivity contribution in [1.29, 1.82) is 0 Å². The molecule has 1 saturated carbocycles. The summed E-state index contributed by atoms with van der Waals surface area (Å²) in [4.78, 5) is 11.1. The number of aliphatic hydroxyl groups is 1. The molecule has 0 spiro atoms. The average Bonchev–Trinajstić information content (AvgIpc) is 2.94. The summed E-state index contributed by atoms with van der Waals surface area (Å²) in [5.41, 5.74) is 2.48. The Labute approximate surface area is 122 Å². The van der Waals surface area contributed by atoms with Gasteiger partial charge in [-0.25, -0.2) is 0 Å². The lowest BCUT2D eigenvalue weighted by atomic mass is 9.96. The largest absolute Gasteiger partial charge is 0.481 e. The molecule has 1 aliphatic carbocycles. The number of aliphatic carboxylic acids is 1. The summed E-state index contributed by atoms with van der Waals surface area (Å²) < 4.78 is 0. The minimum Gasteiger partial charge on any atom is -0.481 e. The second-order valence-electron chi connectivity index (χ2n) is 6.52. The van der Waals surface area contributed by atoms with E-state index in [4.69, 9.17) is 5.11 Å². The fraction of sp³-hybridized carbons (Fsp3) is 0.706. The van der Waals surface area contributed by atoms with Gasteiger partial charge in [-0.05, 0) is 51.9 Å². The number of aliphatic hydroxyl groups excluding tert-OH is 1. The van der Waals surface area contributed by atoms with E-state index < -0.39 is 5.97 Å². The molecule has 0 heterocycles. The molecule has 3 atom stereocenters. The zero-order valence-electron chi connectivity index (χ0n) is 13.1. The van der Waals surface area contributed by atoms with Gasteiger partial charge < -0.3 is 10.2 Å². The van der Waals surface area contributed by atoms with Gasteiger partial charge in [-0.2, -0.15) is 0 Å². The first-order valence-electron chi connectivity index (χ1n) is 7.45. The standard InChI is InChI=1S/C17H28O3/c1-12(2)7-5-8-13(3)9-6-10-17(4)14(11-18)15(17)16(19)20/h7,9,14-15,18H,5-6,8,10-11H2,1-4H3,(H,19,20)/b13-9+/t14-,15-,17+/m0/s1. The van der Waals surface area contributed by atoms with Crippen LogP contribution in [-0.2, 0) is 4.79 Å². The molecule has 114 valence electrons. The third kappa shape index (κ3) is 4.20. The first-order chi connectivity index (χ1) is 9.32. The molecule has 0 unspecified atom stereocenters. The number of hydrogen-bond acceptors (Lipinski definition) is 2. The van der Waals surface area contributed by atoms with Crippen molar-refractivity contribution in [2.24, 2.45) is 17.3 Å². The molecule has 3 heteroatoms. The molecule has 0 aromatic carbocycles. The number of carbonyl (C=O) groups is 1. The molecule has 0 aromatic rings. The van der Waals surface area contributed by atoms with E-state index in [0.29, 0.717) is 0 Å². The minimum absolute atomic E-state index is 0.0171. The van der Waals surface area contributed by atoms with Crippen LogP contribution in [0.15, 0.2) is 23.3 Å². The Morgan fingerprint density at radius 3 is 2.30 bits per heavy atom. The van der Waals surface area contributed by atoms with Crippen molar-refractivity contribution >= 4 is 5.97 Å². The molecule has 1 aliphatic rings. The Balaban J connectivity index is 2.40. The molecule has 0 aliphatic heterocycles. The van der Waals surface area contributed by atoms with Crippen molar-refractivity contribution in [3.05, 3.63) is 23.3 Å². The first kappa shape index (κ1) is 17.0. The van der Waals surface area contributed by atoms with E-state index in [-0.39, 0.29) is 23.9 Å². The van der Waals surface area contributed by atoms with E-state index >= 15 is 0 Å². The number of carboxylic acids is 1. The summed E-state index contributed by atoms with van der Waals surface area (Å²) in [6.45, 7) is 8.31. The predicted octanol–water partition coefficient (Wildman–Crippen LogP) is 3.79. The predicted molar refractivity (Wildman–Crippen MR) is 81.5 cm³/mol. The van der Waals surface area contributed by atoms with Crippen molar-refractivity contribution in [2.45, 2.75) is 53.4 Å². The highest BCUT2D eigenvalue weighted by atomic mass is 16.4. The van der Waals surface area contributed by atoms with E-state index in [0.717, 1.165) is 25.7 Å². The Kier molecular flexibility index (Phi) is 6.00. The highest BCUT2D eigenvalue weighted by Crippen LogP contribution is 2.61. The zero-order chi connectivity index (χ0) is 15.3. The van der Waals surface area contributed by atoms with Crippen molar-refractivity contribution < 1.29 is 15.0 Å². The van der Waals surface area contributed by atoms with Crippen LogP contribution >= 0.6 is 0 Å². The van der Waals surface area contributed by atoms with Crippen molar-refractivity contribution in [1.82, 2.24) is 0 Å². The van der Waals surface area contributed by atoms with E-state index in [2.05, 4.69) is 32.9 Å². The molecular weight excluding hydrogens is 252 g/mol. The highest BCUT2D eigenvalue weighted by Gasteiger charge is 2.63. The van der Waals surface area contributed by atoms with E-state index in [1.807, 2.05) is 6.92 Å². The number of hydrogen-bond donors (Lipinski definition) is 2.